The van der Waals surface area contributed by atoms with Gasteiger partial charge in [-0.05, 0) is 23.6 Å². The molecule has 0 unspecified atom stereocenters. The van der Waals surface area contributed by atoms with Gasteiger partial charge in [-0.1, -0.05) is 42.7 Å². The second-order valence-electron chi connectivity index (χ2n) is 5.07. The Morgan fingerprint density at radius 1 is 1.32 bits per heavy atom. The Bertz CT molecular complexity index is 732. The summed E-state index contributed by atoms with van der Waals surface area (Å²) in [6.45, 7) is 3.77. The van der Waals surface area contributed by atoms with Crippen LogP contribution in [-0.4, -0.2) is 18.6 Å². The number of hydrogen-bond acceptors (Lipinski definition) is 6. The van der Waals surface area contributed by atoms with Crippen LogP contribution in [0.1, 0.15) is 31.3 Å². The molecule has 1 atom stereocenters. The molecule has 2 N–H and O–H groups in total. The van der Waals surface area contributed by atoms with E-state index < -0.39 is 21.1 Å². The van der Waals surface area contributed by atoms with Crippen molar-refractivity contribution in [2.24, 2.45) is 11.7 Å². The Kier molecular flexibility index (Phi) is 6.37. The van der Waals surface area contributed by atoms with Crippen LogP contribution in [0.25, 0.3) is 0 Å². The summed E-state index contributed by atoms with van der Waals surface area (Å²) in [7, 11) is -3.72. The summed E-state index contributed by atoms with van der Waals surface area (Å²) in [6.07, 6.45) is 0. The van der Waals surface area contributed by atoms with Crippen LogP contribution in [0.4, 0.5) is 0 Å². The van der Waals surface area contributed by atoms with Crippen LogP contribution in [0.15, 0.2) is 33.9 Å². The highest BCUT2D eigenvalue weighted by Gasteiger charge is 2.26. The maximum atomic E-state index is 12.2. The fourth-order valence-corrected chi connectivity index (χ4v) is 3.01. The van der Waals surface area contributed by atoms with Gasteiger partial charge in [-0.15, -0.1) is 17.5 Å². The van der Waals surface area contributed by atoms with E-state index in [2.05, 4.69) is 10.2 Å². The third kappa shape index (κ3) is 4.42. The van der Waals surface area contributed by atoms with E-state index in [0.29, 0.717) is 10.6 Å². The summed E-state index contributed by atoms with van der Waals surface area (Å²) in [5.41, 5.74) is 6.41. The predicted molar refractivity (Wildman–Crippen MR) is 85.7 cm³/mol. The van der Waals surface area contributed by atoms with Crippen molar-refractivity contribution in [3.63, 3.8) is 0 Å². The lowest BCUT2D eigenvalue weighted by atomic mass is 10.1. The molecular formula is C13H17Cl2N3O3S. The van der Waals surface area contributed by atoms with E-state index in [0.717, 1.165) is 0 Å². The lowest BCUT2D eigenvalue weighted by molar-refractivity contribution is 0.341. The van der Waals surface area contributed by atoms with Gasteiger partial charge in [-0.25, -0.2) is 8.42 Å². The molecule has 2 aromatic rings. The van der Waals surface area contributed by atoms with E-state index in [9.17, 15) is 8.42 Å². The maximum Gasteiger partial charge on any atom is 0.335 e. The summed E-state index contributed by atoms with van der Waals surface area (Å²) in [6, 6.07) is 6.11. The molecule has 0 fully saturated rings. The van der Waals surface area contributed by atoms with Gasteiger partial charge in [0.2, 0.25) is 15.7 Å². The fraction of sp³-hybridized carbons (Fsp3) is 0.385. The van der Waals surface area contributed by atoms with E-state index in [4.69, 9.17) is 21.8 Å². The molecule has 0 saturated heterocycles. The molecule has 0 spiro atoms. The minimum Gasteiger partial charge on any atom is -0.411 e. The monoisotopic (exact) mass is 365 g/mol. The van der Waals surface area contributed by atoms with E-state index in [1.54, 1.807) is 24.3 Å². The first-order chi connectivity index (χ1) is 9.79. The van der Waals surface area contributed by atoms with E-state index in [1.807, 2.05) is 13.8 Å². The molecule has 0 aliphatic rings. The Morgan fingerprint density at radius 2 is 2.00 bits per heavy atom. The van der Waals surface area contributed by atoms with Gasteiger partial charge in [-0.2, -0.15) is 0 Å². The molecule has 1 aromatic carbocycles. The number of rotatable bonds is 5. The van der Waals surface area contributed by atoms with Crippen LogP contribution >= 0.6 is 24.0 Å². The summed E-state index contributed by atoms with van der Waals surface area (Å²) in [4.78, 5) is 0. The average molecular weight is 366 g/mol. The molecule has 22 heavy (non-hydrogen) atoms. The lowest BCUT2D eigenvalue weighted by Crippen LogP contribution is -2.17. The second-order valence-corrected chi connectivity index (χ2v) is 7.37. The van der Waals surface area contributed by atoms with Crippen molar-refractivity contribution in [2.45, 2.75) is 30.9 Å². The van der Waals surface area contributed by atoms with Crippen LogP contribution in [0.2, 0.25) is 5.02 Å². The van der Waals surface area contributed by atoms with Crippen molar-refractivity contribution in [3.05, 3.63) is 40.7 Å². The Labute approximate surface area is 140 Å². The normalized spacial score (nSPS) is 13.0. The average Bonchev–Trinajstić information content (AvgIpc) is 2.87. The van der Waals surface area contributed by atoms with E-state index >= 15 is 0 Å². The zero-order valence-corrected chi connectivity index (χ0v) is 14.5. The number of nitrogens with zero attached hydrogens (tertiary/aromatic N) is 2. The number of halogens is 2. The zero-order chi connectivity index (χ0) is 15.6. The number of nitrogens with two attached hydrogens (primary N) is 1. The SMILES string of the molecule is CC(C)[C@H](N)c1nnc(S(=O)(=O)Cc2cccc(Cl)c2)o1.Cl. The Balaban J connectivity index is 0.00000242. The van der Waals surface area contributed by atoms with Crippen molar-refractivity contribution in [2.75, 3.05) is 0 Å². The minimum absolute atomic E-state index is 0. The first-order valence-electron chi connectivity index (χ1n) is 6.36. The molecule has 0 aliphatic heterocycles. The van der Waals surface area contributed by atoms with Gasteiger partial charge in [-0.3, -0.25) is 0 Å². The van der Waals surface area contributed by atoms with E-state index in [-0.39, 0.29) is 30.0 Å². The fourth-order valence-electron chi connectivity index (χ4n) is 1.67. The molecule has 1 aromatic heterocycles. The molecule has 0 bridgehead atoms. The summed E-state index contributed by atoms with van der Waals surface area (Å²) >= 11 is 5.84. The standard InChI is InChI=1S/C13H16ClN3O3S.ClH/c1-8(2)11(15)12-16-17-13(20-12)21(18,19)7-9-4-3-5-10(14)6-9;/h3-6,8,11H,7,15H2,1-2H3;1H/t11-;/m0./s1. The van der Waals surface area contributed by atoms with Gasteiger partial charge >= 0.3 is 5.22 Å². The third-order valence-corrected chi connectivity index (χ3v) is 4.58. The van der Waals surface area contributed by atoms with E-state index in [1.165, 1.54) is 0 Å². The van der Waals surface area contributed by atoms with Gasteiger partial charge in [0.15, 0.2) is 0 Å². The van der Waals surface area contributed by atoms with Crippen LogP contribution in [-0.2, 0) is 15.6 Å². The third-order valence-electron chi connectivity index (χ3n) is 2.94. The molecule has 0 radical (unpaired) electrons. The molecule has 9 heteroatoms. The van der Waals surface area contributed by atoms with Crippen molar-refractivity contribution >= 4 is 33.8 Å². The van der Waals surface area contributed by atoms with Gasteiger partial charge in [0.05, 0.1) is 11.8 Å². The van der Waals surface area contributed by atoms with Crippen molar-refractivity contribution < 1.29 is 12.8 Å². The molecule has 0 amide bonds. The predicted octanol–water partition coefficient (Wildman–Crippen LogP) is 2.77. The first-order valence-corrected chi connectivity index (χ1v) is 8.39. The molecule has 2 rings (SSSR count). The molecule has 1 heterocycles. The number of aromatic nitrogens is 2. The van der Waals surface area contributed by atoms with Crippen LogP contribution in [0, 0.1) is 5.92 Å². The van der Waals surface area contributed by atoms with Gasteiger partial charge in [0, 0.05) is 5.02 Å². The number of hydrogen-bond donors (Lipinski definition) is 1. The van der Waals surface area contributed by atoms with Gasteiger partial charge < -0.3 is 10.2 Å². The highest BCUT2D eigenvalue weighted by Crippen LogP contribution is 2.22. The summed E-state index contributed by atoms with van der Waals surface area (Å²) in [5, 5.41) is 7.35. The van der Waals surface area contributed by atoms with Gasteiger partial charge in [0.25, 0.3) is 0 Å². The lowest BCUT2D eigenvalue weighted by Gasteiger charge is -2.09. The highest BCUT2D eigenvalue weighted by atomic mass is 35.5. The topological polar surface area (TPSA) is 99.1 Å². The maximum absolute atomic E-state index is 12.2. The number of benzene rings is 1. The Morgan fingerprint density at radius 3 is 2.59 bits per heavy atom. The first kappa shape index (κ1) is 18.9. The Hall–Kier alpha value is -1.15. The smallest absolute Gasteiger partial charge is 0.335 e. The minimum atomic E-state index is -3.72. The molecule has 0 saturated carbocycles. The molecule has 122 valence electrons. The van der Waals surface area contributed by atoms with Crippen LogP contribution in [0.5, 0.6) is 0 Å². The molecule has 6 nitrogen and oxygen atoms in total. The number of sulfone groups is 1. The van der Waals surface area contributed by atoms with Crippen LogP contribution in [0.3, 0.4) is 0 Å². The quantitative estimate of drug-likeness (QED) is 0.874. The molecule has 0 aliphatic carbocycles. The van der Waals surface area contributed by atoms with Crippen molar-refractivity contribution in [3.8, 4) is 0 Å². The van der Waals surface area contributed by atoms with Crippen molar-refractivity contribution in [1.29, 1.82) is 0 Å². The molecular weight excluding hydrogens is 349 g/mol. The zero-order valence-electron chi connectivity index (χ0n) is 12.1. The summed E-state index contributed by atoms with van der Waals surface area (Å²) in [5.74, 6) is -0.0739. The largest absolute Gasteiger partial charge is 0.411 e. The van der Waals surface area contributed by atoms with Gasteiger partial charge in [0.1, 0.15) is 0 Å². The van der Waals surface area contributed by atoms with Crippen LogP contribution < -0.4 is 5.73 Å². The highest BCUT2D eigenvalue weighted by molar-refractivity contribution is 7.90. The second kappa shape index (κ2) is 7.41. The summed E-state index contributed by atoms with van der Waals surface area (Å²) < 4.78 is 29.7. The van der Waals surface area contributed by atoms with Crippen molar-refractivity contribution in [1.82, 2.24) is 10.2 Å².